The van der Waals surface area contributed by atoms with E-state index in [-0.39, 0.29) is 23.7 Å². The number of benzene rings is 2. The summed E-state index contributed by atoms with van der Waals surface area (Å²) in [6.45, 7) is -3.31. The van der Waals surface area contributed by atoms with E-state index in [9.17, 15) is 18.4 Å². The first-order chi connectivity index (χ1) is 13.5. The van der Waals surface area contributed by atoms with Gasteiger partial charge in [0.05, 0.1) is 6.54 Å². The number of halogens is 2. The Balaban J connectivity index is 1.53. The highest BCUT2D eigenvalue weighted by atomic mass is 19.3. The van der Waals surface area contributed by atoms with Gasteiger partial charge in [-0.1, -0.05) is 41.6 Å². The number of aromatic nitrogens is 1. The fourth-order valence-electron chi connectivity index (χ4n) is 2.33. The Bertz CT molecular complexity index is 961. The van der Waals surface area contributed by atoms with Crippen LogP contribution in [0.2, 0.25) is 0 Å². The summed E-state index contributed by atoms with van der Waals surface area (Å²) in [5.41, 5.74) is 1.04. The van der Waals surface area contributed by atoms with E-state index in [4.69, 9.17) is 4.52 Å². The van der Waals surface area contributed by atoms with Crippen molar-refractivity contribution in [3.63, 3.8) is 0 Å². The highest BCUT2D eigenvalue weighted by Crippen LogP contribution is 2.20. The van der Waals surface area contributed by atoms with E-state index in [1.54, 1.807) is 0 Å². The van der Waals surface area contributed by atoms with Gasteiger partial charge < -0.3 is 19.9 Å². The van der Waals surface area contributed by atoms with Crippen molar-refractivity contribution in [1.29, 1.82) is 0 Å². The number of rotatable bonds is 7. The van der Waals surface area contributed by atoms with E-state index >= 15 is 0 Å². The molecule has 2 amide bonds. The number of nitrogens with zero attached hydrogens (tertiary/aromatic N) is 1. The van der Waals surface area contributed by atoms with Gasteiger partial charge in [-0.05, 0) is 12.1 Å². The molecule has 2 N–H and O–H groups in total. The summed E-state index contributed by atoms with van der Waals surface area (Å²) in [6, 6.07) is 16.1. The SMILES string of the molecule is O=C(CNC(=O)c1cc(-c2ccccc2)on1)Nc1cccc(OC(F)F)c1. The molecule has 0 saturated carbocycles. The number of nitrogens with one attached hydrogen (secondary N) is 2. The van der Waals surface area contributed by atoms with Crippen molar-refractivity contribution in [2.75, 3.05) is 11.9 Å². The van der Waals surface area contributed by atoms with E-state index in [1.807, 2.05) is 30.3 Å². The molecule has 0 aliphatic rings. The molecule has 0 radical (unpaired) electrons. The van der Waals surface area contributed by atoms with E-state index in [0.717, 1.165) is 5.56 Å². The molecular weight excluding hydrogens is 372 g/mol. The largest absolute Gasteiger partial charge is 0.435 e. The third-order valence-electron chi connectivity index (χ3n) is 3.55. The van der Waals surface area contributed by atoms with Gasteiger partial charge in [-0.3, -0.25) is 9.59 Å². The van der Waals surface area contributed by atoms with Crippen LogP contribution in [-0.2, 0) is 4.79 Å². The van der Waals surface area contributed by atoms with Gasteiger partial charge in [0.15, 0.2) is 11.5 Å². The van der Waals surface area contributed by atoms with Gasteiger partial charge >= 0.3 is 6.61 Å². The molecule has 0 atom stereocenters. The van der Waals surface area contributed by atoms with Gasteiger partial charge in [-0.15, -0.1) is 0 Å². The molecule has 7 nitrogen and oxygen atoms in total. The number of ether oxygens (including phenoxy) is 1. The molecule has 1 aromatic heterocycles. The fourth-order valence-corrected chi connectivity index (χ4v) is 2.33. The highest BCUT2D eigenvalue weighted by Gasteiger charge is 2.15. The van der Waals surface area contributed by atoms with Crippen LogP contribution in [-0.4, -0.2) is 30.1 Å². The van der Waals surface area contributed by atoms with Crippen LogP contribution in [0.15, 0.2) is 65.2 Å². The first-order valence-corrected chi connectivity index (χ1v) is 8.16. The number of hydrogen-bond donors (Lipinski definition) is 2. The second-order valence-electron chi connectivity index (χ2n) is 5.58. The molecular formula is C19H15F2N3O4. The van der Waals surface area contributed by atoms with Crippen molar-refractivity contribution >= 4 is 17.5 Å². The van der Waals surface area contributed by atoms with E-state index < -0.39 is 18.4 Å². The minimum absolute atomic E-state index is 0.0268. The molecule has 3 rings (SSSR count). The summed E-state index contributed by atoms with van der Waals surface area (Å²) >= 11 is 0. The Labute approximate surface area is 158 Å². The lowest BCUT2D eigenvalue weighted by atomic mass is 10.1. The topological polar surface area (TPSA) is 93.5 Å². The lowest BCUT2D eigenvalue weighted by Gasteiger charge is -2.08. The van der Waals surface area contributed by atoms with Crippen LogP contribution in [0.5, 0.6) is 5.75 Å². The van der Waals surface area contributed by atoms with Crippen molar-refractivity contribution in [3.05, 3.63) is 66.4 Å². The zero-order valence-electron chi connectivity index (χ0n) is 14.4. The first kappa shape index (κ1) is 19.0. The predicted octanol–water partition coefficient (Wildman–Crippen LogP) is 3.31. The van der Waals surface area contributed by atoms with E-state index in [2.05, 4.69) is 20.5 Å². The number of hydrogen-bond acceptors (Lipinski definition) is 5. The second-order valence-corrected chi connectivity index (χ2v) is 5.58. The lowest BCUT2D eigenvalue weighted by Crippen LogP contribution is -2.33. The molecule has 9 heteroatoms. The Morgan fingerprint density at radius 2 is 1.86 bits per heavy atom. The van der Waals surface area contributed by atoms with Crippen molar-refractivity contribution in [2.45, 2.75) is 6.61 Å². The molecule has 0 aliphatic carbocycles. The minimum atomic E-state index is -2.96. The van der Waals surface area contributed by atoms with Crippen LogP contribution in [0.4, 0.5) is 14.5 Å². The summed E-state index contributed by atoms with van der Waals surface area (Å²) in [4.78, 5) is 24.1. The van der Waals surface area contributed by atoms with E-state index in [1.165, 1.54) is 30.3 Å². The van der Waals surface area contributed by atoms with Crippen molar-refractivity contribution in [3.8, 4) is 17.1 Å². The van der Waals surface area contributed by atoms with Gasteiger partial charge in [-0.2, -0.15) is 8.78 Å². The molecule has 0 bridgehead atoms. The molecule has 0 fully saturated rings. The summed E-state index contributed by atoms with van der Waals surface area (Å²) in [5, 5.41) is 8.56. The smallest absolute Gasteiger partial charge is 0.387 e. The summed E-state index contributed by atoms with van der Waals surface area (Å²) in [6.07, 6.45) is 0. The Kier molecular flexibility index (Phi) is 5.95. The van der Waals surface area contributed by atoms with Gasteiger partial charge in [0.25, 0.3) is 5.91 Å². The van der Waals surface area contributed by atoms with Crippen LogP contribution in [0.1, 0.15) is 10.5 Å². The molecule has 1 heterocycles. The number of amides is 2. The maximum Gasteiger partial charge on any atom is 0.387 e. The third-order valence-corrected chi connectivity index (χ3v) is 3.55. The molecule has 0 saturated heterocycles. The average molecular weight is 387 g/mol. The van der Waals surface area contributed by atoms with Gasteiger partial charge in [0.2, 0.25) is 5.91 Å². The van der Waals surface area contributed by atoms with Crippen LogP contribution in [0, 0.1) is 0 Å². The molecule has 144 valence electrons. The van der Waals surface area contributed by atoms with Crippen LogP contribution in [0.25, 0.3) is 11.3 Å². The standard InChI is InChI=1S/C19H15F2N3O4/c20-19(21)27-14-8-4-7-13(9-14)23-17(25)11-22-18(26)15-10-16(28-24-15)12-5-2-1-3-6-12/h1-10,19H,11H2,(H,22,26)(H,23,25). The van der Waals surface area contributed by atoms with Crippen LogP contribution in [0.3, 0.4) is 0 Å². The van der Waals surface area contributed by atoms with Crippen molar-refractivity contribution < 1.29 is 27.6 Å². The van der Waals surface area contributed by atoms with Crippen LogP contribution < -0.4 is 15.4 Å². The predicted molar refractivity (Wildman–Crippen MR) is 96.0 cm³/mol. The maximum atomic E-state index is 12.2. The quantitative estimate of drug-likeness (QED) is 0.649. The molecule has 0 spiro atoms. The summed E-state index contributed by atoms with van der Waals surface area (Å²) < 4.78 is 33.8. The zero-order valence-corrected chi connectivity index (χ0v) is 14.4. The molecule has 28 heavy (non-hydrogen) atoms. The highest BCUT2D eigenvalue weighted by molar-refractivity contribution is 5.98. The van der Waals surface area contributed by atoms with Gasteiger partial charge in [0, 0.05) is 23.4 Å². The number of alkyl halides is 2. The molecule has 2 aromatic carbocycles. The maximum absolute atomic E-state index is 12.2. The Morgan fingerprint density at radius 1 is 1.07 bits per heavy atom. The zero-order chi connectivity index (χ0) is 19.9. The summed E-state index contributed by atoms with van der Waals surface area (Å²) in [5.74, 6) is -0.802. The monoisotopic (exact) mass is 387 g/mol. The van der Waals surface area contributed by atoms with Gasteiger partial charge in [0.1, 0.15) is 5.75 Å². The number of carbonyl (C=O) groups excluding carboxylic acids is 2. The summed E-state index contributed by atoms with van der Waals surface area (Å²) in [7, 11) is 0. The number of anilines is 1. The minimum Gasteiger partial charge on any atom is -0.435 e. The molecule has 0 unspecified atom stereocenters. The first-order valence-electron chi connectivity index (χ1n) is 8.16. The van der Waals surface area contributed by atoms with Gasteiger partial charge in [-0.25, -0.2) is 0 Å². The normalized spacial score (nSPS) is 10.5. The molecule has 3 aromatic rings. The van der Waals surface area contributed by atoms with Crippen LogP contribution >= 0.6 is 0 Å². The Morgan fingerprint density at radius 3 is 2.61 bits per heavy atom. The second kappa shape index (κ2) is 8.76. The lowest BCUT2D eigenvalue weighted by molar-refractivity contribution is -0.115. The van der Waals surface area contributed by atoms with Crippen molar-refractivity contribution in [1.82, 2.24) is 10.5 Å². The number of carbonyl (C=O) groups is 2. The molecule has 0 aliphatic heterocycles. The third kappa shape index (κ3) is 5.13. The Hall–Kier alpha value is -3.75. The van der Waals surface area contributed by atoms with Crippen molar-refractivity contribution in [2.24, 2.45) is 0 Å². The fraction of sp³-hybridized carbons (Fsp3) is 0.105. The van der Waals surface area contributed by atoms with E-state index in [0.29, 0.717) is 5.76 Å². The average Bonchev–Trinajstić information content (AvgIpc) is 3.17.